The Labute approximate surface area is 102 Å². The van der Waals surface area contributed by atoms with E-state index >= 15 is 0 Å². The largest absolute Gasteiger partial charge is 0.390 e. The molecule has 1 rings (SSSR count). The van der Waals surface area contributed by atoms with E-state index in [1.54, 1.807) is 26.0 Å². The van der Waals surface area contributed by atoms with Gasteiger partial charge in [-0.2, -0.15) is 13.2 Å². The van der Waals surface area contributed by atoms with Crippen molar-refractivity contribution in [1.82, 2.24) is 0 Å². The zero-order valence-corrected chi connectivity index (χ0v) is 10.3. The summed E-state index contributed by atoms with van der Waals surface area (Å²) in [5, 5.41) is -0.520. The minimum absolute atomic E-state index is 0.487. The van der Waals surface area contributed by atoms with Crippen molar-refractivity contribution in [2.24, 2.45) is 0 Å². The van der Waals surface area contributed by atoms with Crippen LogP contribution in [0.25, 0.3) is 0 Å². The van der Waals surface area contributed by atoms with Crippen molar-refractivity contribution in [3.05, 3.63) is 33.8 Å². The molecule has 0 nitrogen and oxygen atoms in total. The summed E-state index contributed by atoms with van der Waals surface area (Å²) in [6.45, 7) is 3.44. The maximum atomic E-state index is 12.2. The second-order valence-corrected chi connectivity index (χ2v) is 4.68. The minimum atomic E-state index is -4.26. The zero-order chi connectivity index (χ0) is 12.5. The van der Waals surface area contributed by atoms with Gasteiger partial charge in [-0.05, 0) is 36.6 Å². The Hall–Kier alpha value is -0.410. The second-order valence-electron chi connectivity index (χ2n) is 3.74. The van der Waals surface area contributed by atoms with Crippen LogP contribution >= 0.6 is 23.2 Å². The fourth-order valence-electron chi connectivity index (χ4n) is 1.45. The van der Waals surface area contributed by atoms with Gasteiger partial charge in [-0.25, -0.2) is 0 Å². The average molecular weight is 271 g/mol. The summed E-state index contributed by atoms with van der Waals surface area (Å²) in [6.07, 6.45) is -5.29. The van der Waals surface area contributed by atoms with E-state index in [4.69, 9.17) is 23.2 Å². The van der Waals surface area contributed by atoms with Gasteiger partial charge in [-0.3, -0.25) is 0 Å². The summed E-state index contributed by atoms with van der Waals surface area (Å²) in [7, 11) is 0. The Morgan fingerprint density at radius 2 is 1.75 bits per heavy atom. The molecular formula is C11H11Cl2F3. The molecule has 0 saturated carbocycles. The molecule has 0 aliphatic rings. The van der Waals surface area contributed by atoms with Crippen LogP contribution in [0.1, 0.15) is 28.5 Å². The van der Waals surface area contributed by atoms with Crippen molar-refractivity contribution >= 4 is 23.2 Å². The highest BCUT2D eigenvalue weighted by atomic mass is 35.5. The highest BCUT2D eigenvalue weighted by molar-refractivity contribution is 6.31. The van der Waals surface area contributed by atoms with Gasteiger partial charge >= 0.3 is 6.18 Å². The molecule has 0 spiro atoms. The summed E-state index contributed by atoms with van der Waals surface area (Å²) < 4.78 is 36.6. The lowest BCUT2D eigenvalue weighted by atomic mass is 10.0. The van der Waals surface area contributed by atoms with Crippen LogP contribution < -0.4 is 0 Å². The third-order valence-corrected chi connectivity index (χ3v) is 3.09. The van der Waals surface area contributed by atoms with E-state index in [2.05, 4.69) is 0 Å². The number of halogens is 5. The highest BCUT2D eigenvalue weighted by Gasteiger charge is 2.32. The molecule has 1 unspecified atom stereocenters. The first kappa shape index (κ1) is 13.7. The van der Waals surface area contributed by atoms with Crippen molar-refractivity contribution in [2.75, 3.05) is 0 Å². The number of rotatable bonds is 2. The van der Waals surface area contributed by atoms with Crippen LogP contribution in [-0.4, -0.2) is 6.18 Å². The first-order valence-electron chi connectivity index (χ1n) is 4.68. The zero-order valence-electron chi connectivity index (χ0n) is 8.83. The van der Waals surface area contributed by atoms with Crippen molar-refractivity contribution in [3.63, 3.8) is 0 Å². The Balaban J connectivity index is 3.00. The fraction of sp³-hybridized carbons (Fsp3) is 0.455. The van der Waals surface area contributed by atoms with Crippen LogP contribution in [0, 0.1) is 13.8 Å². The maximum Gasteiger partial charge on any atom is 0.390 e. The number of alkyl halides is 4. The van der Waals surface area contributed by atoms with Gasteiger partial charge in [-0.15, -0.1) is 11.6 Å². The van der Waals surface area contributed by atoms with Gasteiger partial charge in [0.15, 0.2) is 0 Å². The van der Waals surface area contributed by atoms with E-state index < -0.39 is 18.0 Å². The second kappa shape index (κ2) is 4.84. The molecule has 0 fully saturated rings. The summed E-state index contributed by atoms with van der Waals surface area (Å²) in [5.74, 6) is 0. The molecule has 0 heterocycles. The fourth-order valence-corrected chi connectivity index (χ4v) is 2.08. The average Bonchev–Trinajstić information content (AvgIpc) is 2.08. The Bertz CT molecular complexity index is 386. The Kier molecular flexibility index (Phi) is 4.13. The molecule has 1 aromatic carbocycles. The van der Waals surface area contributed by atoms with Crippen LogP contribution in [0.5, 0.6) is 0 Å². The van der Waals surface area contributed by atoms with Gasteiger partial charge in [0, 0.05) is 5.02 Å². The molecule has 0 aliphatic carbocycles. The van der Waals surface area contributed by atoms with Gasteiger partial charge in [-0.1, -0.05) is 17.7 Å². The predicted octanol–water partition coefficient (Wildman–Crippen LogP) is 5.19. The van der Waals surface area contributed by atoms with Gasteiger partial charge in [0.2, 0.25) is 0 Å². The molecule has 0 saturated heterocycles. The van der Waals surface area contributed by atoms with Gasteiger partial charge < -0.3 is 0 Å². The smallest absolute Gasteiger partial charge is 0.171 e. The van der Waals surface area contributed by atoms with E-state index in [9.17, 15) is 13.2 Å². The third-order valence-electron chi connectivity index (χ3n) is 2.30. The van der Waals surface area contributed by atoms with Crippen LogP contribution in [0.3, 0.4) is 0 Å². The molecule has 0 aromatic heterocycles. The molecule has 5 heteroatoms. The molecule has 0 N–H and O–H groups in total. The van der Waals surface area contributed by atoms with E-state index in [1.165, 1.54) is 0 Å². The first-order valence-corrected chi connectivity index (χ1v) is 5.49. The topological polar surface area (TPSA) is 0 Å². The van der Waals surface area contributed by atoms with Crippen molar-refractivity contribution in [1.29, 1.82) is 0 Å². The molecule has 0 aliphatic heterocycles. The Morgan fingerprint density at radius 3 is 2.25 bits per heavy atom. The number of hydrogen-bond donors (Lipinski definition) is 0. The predicted molar refractivity (Wildman–Crippen MR) is 60.2 cm³/mol. The lowest BCUT2D eigenvalue weighted by molar-refractivity contribution is -0.134. The molecular weight excluding hydrogens is 260 g/mol. The van der Waals surface area contributed by atoms with Crippen LogP contribution in [0.4, 0.5) is 13.2 Å². The number of hydrogen-bond acceptors (Lipinski definition) is 0. The first-order chi connectivity index (χ1) is 7.20. The molecule has 1 atom stereocenters. The van der Waals surface area contributed by atoms with Gasteiger partial charge in [0.1, 0.15) is 0 Å². The SMILES string of the molecule is Cc1cc(C(Cl)CC(F)(F)F)c(C)cc1Cl. The molecule has 0 radical (unpaired) electrons. The van der Waals surface area contributed by atoms with E-state index in [-0.39, 0.29) is 0 Å². The van der Waals surface area contributed by atoms with E-state index in [0.717, 1.165) is 5.56 Å². The molecule has 90 valence electrons. The molecule has 0 bridgehead atoms. The highest BCUT2D eigenvalue weighted by Crippen LogP contribution is 2.36. The quantitative estimate of drug-likeness (QED) is 0.649. The van der Waals surface area contributed by atoms with Crippen LogP contribution in [0.15, 0.2) is 12.1 Å². The maximum absolute atomic E-state index is 12.2. The van der Waals surface area contributed by atoms with Gasteiger partial charge in [0.25, 0.3) is 0 Å². The third kappa shape index (κ3) is 3.56. The summed E-state index contributed by atoms with van der Waals surface area (Å²) >= 11 is 11.6. The lowest BCUT2D eigenvalue weighted by Gasteiger charge is -2.16. The summed E-state index contributed by atoms with van der Waals surface area (Å²) in [4.78, 5) is 0. The minimum Gasteiger partial charge on any atom is -0.171 e. The number of benzene rings is 1. The monoisotopic (exact) mass is 270 g/mol. The standard InChI is InChI=1S/C11H11Cl2F3/c1-6-4-9(12)7(2)3-8(6)10(13)5-11(14,15)16/h3-4,10H,5H2,1-2H3. The molecule has 1 aromatic rings. The normalized spacial score (nSPS) is 13.9. The Morgan fingerprint density at radius 1 is 1.19 bits per heavy atom. The van der Waals surface area contributed by atoms with Crippen molar-refractivity contribution in [2.45, 2.75) is 31.8 Å². The van der Waals surface area contributed by atoms with Crippen LogP contribution in [0.2, 0.25) is 5.02 Å². The van der Waals surface area contributed by atoms with E-state index in [0.29, 0.717) is 16.1 Å². The summed E-state index contributed by atoms with van der Waals surface area (Å²) in [6, 6.07) is 3.25. The van der Waals surface area contributed by atoms with E-state index in [1.807, 2.05) is 0 Å². The van der Waals surface area contributed by atoms with Crippen molar-refractivity contribution < 1.29 is 13.2 Å². The number of aryl methyl sites for hydroxylation is 2. The van der Waals surface area contributed by atoms with Crippen molar-refractivity contribution in [3.8, 4) is 0 Å². The van der Waals surface area contributed by atoms with Crippen LogP contribution in [-0.2, 0) is 0 Å². The molecule has 0 amide bonds. The summed E-state index contributed by atoms with van der Waals surface area (Å²) in [5.41, 5.74) is 1.90. The molecule has 16 heavy (non-hydrogen) atoms. The lowest BCUT2D eigenvalue weighted by Crippen LogP contribution is -2.11. The van der Waals surface area contributed by atoms with Gasteiger partial charge in [0.05, 0.1) is 11.8 Å².